The van der Waals surface area contributed by atoms with E-state index in [1.54, 1.807) is 57.2 Å². The van der Waals surface area contributed by atoms with E-state index in [0.29, 0.717) is 11.4 Å². The molecule has 142 valence electrons. The number of benzene rings is 2. The average Bonchev–Trinajstić information content (AvgIpc) is 3.36. The van der Waals surface area contributed by atoms with E-state index in [4.69, 9.17) is 4.74 Å². The molecular weight excluding hydrogens is 347 g/mol. The molecule has 0 aromatic heterocycles. The van der Waals surface area contributed by atoms with Crippen LogP contribution in [0.3, 0.4) is 0 Å². The molecule has 1 saturated carbocycles. The van der Waals surface area contributed by atoms with E-state index in [1.807, 2.05) is 0 Å². The molecule has 0 heterocycles. The summed E-state index contributed by atoms with van der Waals surface area (Å²) in [5.74, 6) is -0.300. The molecule has 1 aliphatic carbocycles. The second kappa shape index (κ2) is 7.39. The van der Waals surface area contributed by atoms with Gasteiger partial charge in [0, 0.05) is 17.3 Å². The van der Waals surface area contributed by atoms with E-state index in [0.717, 1.165) is 12.0 Å². The first-order valence-corrected chi connectivity index (χ1v) is 8.88. The highest BCUT2D eigenvalue weighted by molar-refractivity contribution is 5.95. The standard InChI is InChI=1S/C21H23FN2O3/c1-21(2,3)27-20(26)24-16-10-8-15(9-11-16)23-19(25)18-12-17(18)13-4-6-14(22)7-5-13/h4-11,17-18H,12H2,1-3H3,(H,23,25)(H,24,26). The summed E-state index contributed by atoms with van der Waals surface area (Å²) in [4.78, 5) is 24.1. The van der Waals surface area contributed by atoms with Crippen LogP contribution >= 0.6 is 0 Å². The Bertz CT molecular complexity index is 826. The average molecular weight is 370 g/mol. The predicted molar refractivity (Wildman–Crippen MR) is 102 cm³/mol. The van der Waals surface area contributed by atoms with Crippen LogP contribution in [0.4, 0.5) is 20.6 Å². The summed E-state index contributed by atoms with van der Waals surface area (Å²) in [7, 11) is 0. The largest absolute Gasteiger partial charge is 0.444 e. The van der Waals surface area contributed by atoms with Crippen LogP contribution in [-0.2, 0) is 9.53 Å². The second-order valence-electron chi connectivity index (χ2n) is 7.69. The van der Waals surface area contributed by atoms with E-state index in [-0.39, 0.29) is 23.6 Å². The van der Waals surface area contributed by atoms with Crippen molar-refractivity contribution in [3.8, 4) is 0 Å². The summed E-state index contributed by atoms with van der Waals surface area (Å²) in [6.07, 6.45) is 0.231. The summed E-state index contributed by atoms with van der Waals surface area (Å²) in [6.45, 7) is 5.38. The van der Waals surface area contributed by atoms with Crippen LogP contribution in [0.1, 0.15) is 38.7 Å². The maximum Gasteiger partial charge on any atom is 0.412 e. The molecule has 0 aliphatic heterocycles. The summed E-state index contributed by atoms with van der Waals surface area (Å²) in [5.41, 5.74) is 1.65. The summed E-state index contributed by atoms with van der Waals surface area (Å²) in [5, 5.41) is 5.52. The van der Waals surface area contributed by atoms with Crippen LogP contribution < -0.4 is 10.6 Å². The number of ether oxygens (including phenoxy) is 1. The van der Waals surface area contributed by atoms with Gasteiger partial charge in [-0.05, 0) is 75.1 Å². The van der Waals surface area contributed by atoms with Gasteiger partial charge in [-0.1, -0.05) is 12.1 Å². The molecule has 0 saturated heterocycles. The van der Waals surface area contributed by atoms with Crippen LogP contribution in [0.15, 0.2) is 48.5 Å². The normalized spacial score (nSPS) is 18.5. The Labute approximate surface area is 157 Å². The van der Waals surface area contributed by atoms with E-state index in [9.17, 15) is 14.0 Å². The number of hydrogen-bond acceptors (Lipinski definition) is 3. The molecule has 27 heavy (non-hydrogen) atoms. The van der Waals surface area contributed by atoms with Gasteiger partial charge in [0.05, 0.1) is 0 Å². The van der Waals surface area contributed by atoms with Gasteiger partial charge in [-0.25, -0.2) is 9.18 Å². The van der Waals surface area contributed by atoms with Gasteiger partial charge in [-0.3, -0.25) is 10.1 Å². The molecule has 2 atom stereocenters. The van der Waals surface area contributed by atoms with Gasteiger partial charge in [0.1, 0.15) is 11.4 Å². The molecule has 2 amide bonds. The van der Waals surface area contributed by atoms with Crippen LogP contribution in [0, 0.1) is 11.7 Å². The van der Waals surface area contributed by atoms with Gasteiger partial charge in [-0.15, -0.1) is 0 Å². The van der Waals surface area contributed by atoms with Crippen LogP contribution in [0.2, 0.25) is 0 Å². The molecule has 6 heteroatoms. The van der Waals surface area contributed by atoms with Crippen LogP contribution in [0.25, 0.3) is 0 Å². The molecule has 5 nitrogen and oxygen atoms in total. The third-order valence-corrected chi connectivity index (χ3v) is 4.22. The molecule has 1 fully saturated rings. The lowest BCUT2D eigenvalue weighted by Crippen LogP contribution is -2.27. The number of rotatable bonds is 4. The maximum atomic E-state index is 13.0. The van der Waals surface area contributed by atoms with Crippen LogP contribution in [-0.4, -0.2) is 17.6 Å². The fourth-order valence-corrected chi connectivity index (χ4v) is 2.86. The van der Waals surface area contributed by atoms with Crippen molar-refractivity contribution in [3.05, 3.63) is 59.9 Å². The third kappa shape index (κ3) is 5.29. The topological polar surface area (TPSA) is 67.4 Å². The Kier molecular flexibility index (Phi) is 5.17. The fraction of sp³-hybridized carbons (Fsp3) is 0.333. The lowest BCUT2D eigenvalue weighted by molar-refractivity contribution is -0.117. The molecule has 2 aromatic rings. The smallest absolute Gasteiger partial charge is 0.412 e. The van der Waals surface area contributed by atoms with Crippen molar-refractivity contribution in [2.75, 3.05) is 10.6 Å². The van der Waals surface area contributed by atoms with E-state index >= 15 is 0 Å². The zero-order chi connectivity index (χ0) is 19.6. The minimum atomic E-state index is -0.566. The second-order valence-corrected chi connectivity index (χ2v) is 7.69. The van der Waals surface area contributed by atoms with Gasteiger partial charge in [0.15, 0.2) is 0 Å². The molecule has 0 bridgehead atoms. The summed E-state index contributed by atoms with van der Waals surface area (Å²) in [6, 6.07) is 13.1. The third-order valence-electron chi connectivity index (χ3n) is 4.22. The highest BCUT2D eigenvalue weighted by Crippen LogP contribution is 2.48. The zero-order valence-electron chi connectivity index (χ0n) is 15.6. The Morgan fingerprint density at radius 2 is 1.52 bits per heavy atom. The molecule has 2 N–H and O–H groups in total. The minimum absolute atomic E-state index is 0.0582. The Morgan fingerprint density at radius 1 is 0.963 bits per heavy atom. The van der Waals surface area contributed by atoms with Crippen molar-refractivity contribution in [1.82, 2.24) is 0 Å². The fourth-order valence-electron chi connectivity index (χ4n) is 2.86. The number of carbonyl (C=O) groups excluding carboxylic acids is 2. The predicted octanol–water partition coefficient (Wildman–Crippen LogP) is 4.91. The Hall–Kier alpha value is -2.89. The number of hydrogen-bond donors (Lipinski definition) is 2. The highest BCUT2D eigenvalue weighted by Gasteiger charge is 2.43. The quantitative estimate of drug-likeness (QED) is 0.803. The monoisotopic (exact) mass is 370 g/mol. The molecule has 3 rings (SSSR count). The molecule has 0 radical (unpaired) electrons. The Balaban J connectivity index is 1.52. The lowest BCUT2D eigenvalue weighted by Gasteiger charge is -2.19. The molecule has 2 aromatic carbocycles. The lowest BCUT2D eigenvalue weighted by atomic mass is 10.1. The van der Waals surface area contributed by atoms with Gasteiger partial charge in [0.25, 0.3) is 0 Å². The molecule has 2 unspecified atom stereocenters. The van der Waals surface area contributed by atoms with Crippen molar-refractivity contribution in [2.45, 2.75) is 38.7 Å². The highest BCUT2D eigenvalue weighted by atomic mass is 19.1. The van der Waals surface area contributed by atoms with Crippen molar-refractivity contribution in [2.24, 2.45) is 5.92 Å². The van der Waals surface area contributed by atoms with Gasteiger partial charge in [0.2, 0.25) is 5.91 Å². The van der Waals surface area contributed by atoms with Gasteiger partial charge < -0.3 is 10.1 Å². The number of carbonyl (C=O) groups is 2. The number of amides is 2. The van der Waals surface area contributed by atoms with Crippen molar-refractivity contribution in [1.29, 1.82) is 0 Å². The molecule has 1 aliphatic rings. The van der Waals surface area contributed by atoms with Crippen molar-refractivity contribution < 1.29 is 18.7 Å². The Morgan fingerprint density at radius 3 is 2.07 bits per heavy atom. The SMILES string of the molecule is CC(C)(C)OC(=O)Nc1ccc(NC(=O)C2CC2c2ccc(F)cc2)cc1. The number of anilines is 2. The van der Waals surface area contributed by atoms with E-state index < -0.39 is 11.7 Å². The minimum Gasteiger partial charge on any atom is -0.444 e. The first-order valence-electron chi connectivity index (χ1n) is 8.88. The van der Waals surface area contributed by atoms with E-state index in [1.165, 1.54) is 12.1 Å². The molecular formula is C21H23FN2O3. The van der Waals surface area contributed by atoms with Crippen molar-refractivity contribution >= 4 is 23.4 Å². The zero-order valence-corrected chi connectivity index (χ0v) is 15.6. The summed E-state index contributed by atoms with van der Waals surface area (Å²) < 4.78 is 18.2. The van der Waals surface area contributed by atoms with Gasteiger partial charge in [-0.2, -0.15) is 0 Å². The summed E-state index contributed by atoms with van der Waals surface area (Å²) >= 11 is 0. The van der Waals surface area contributed by atoms with Gasteiger partial charge >= 0.3 is 6.09 Å². The number of halogens is 1. The van der Waals surface area contributed by atoms with Crippen LogP contribution in [0.5, 0.6) is 0 Å². The first-order chi connectivity index (χ1) is 12.7. The first kappa shape index (κ1) is 18.9. The maximum absolute atomic E-state index is 13.0. The molecule has 0 spiro atoms. The van der Waals surface area contributed by atoms with E-state index in [2.05, 4.69) is 10.6 Å². The number of nitrogens with one attached hydrogen (secondary N) is 2. The van der Waals surface area contributed by atoms with Crippen molar-refractivity contribution in [3.63, 3.8) is 0 Å².